The Morgan fingerprint density at radius 3 is 2.22 bits per heavy atom. The molecule has 0 aliphatic rings. The predicted molar refractivity (Wildman–Crippen MR) is 142 cm³/mol. The molecule has 0 aliphatic heterocycles. The number of non-ortho nitro benzene ring substituents is 1. The molecule has 12 heteroatoms. The second kappa shape index (κ2) is 11.4. The maximum atomic E-state index is 13.6. The fourth-order valence-electron chi connectivity index (χ4n) is 3.42. The molecule has 1 atom stereocenters. The molecule has 0 fully saturated rings. The first-order chi connectivity index (χ1) is 16.5. The summed E-state index contributed by atoms with van der Waals surface area (Å²) in [6, 6.07) is 10.1. The average Bonchev–Trinajstić information content (AvgIpc) is 2.75. The number of hydrogen-bond acceptors (Lipinski definition) is 6. The number of benzene rings is 2. The summed E-state index contributed by atoms with van der Waals surface area (Å²) in [7, 11) is -4.01. The number of anilines is 1. The fraction of sp³-hybridized carbons (Fsp3) is 0.417. The molecule has 10 nitrogen and oxygen atoms in total. The highest BCUT2D eigenvalue weighted by atomic mass is 79.9. The van der Waals surface area contributed by atoms with Crippen LogP contribution in [0.15, 0.2) is 46.9 Å². The van der Waals surface area contributed by atoms with E-state index in [4.69, 9.17) is 0 Å². The molecule has 0 unspecified atom stereocenters. The van der Waals surface area contributed by atoms with Crippen LogP contribution in [0.4, 0.5) is 11.4 Å². The van der Waals surface area contributed by atoms with E-state index in [0.29, 0.717) is 5.56 Å². The summed E-state index contributed by atoms with van der Waals surface area (Å²) in [6.45, 7) is 8.03. The van der Waals surface area contributed by atoms with Gasteiger partial charge < -0.3 is 10.2 Å². The standard InChI is InChI=1S/C24H31BrN4O6S/c1-16-7-12-20(29(32)33)13-21(16)28(36(6,34)35)15-22(30)27(14-18-8-10-19(25)11-9-18)17(2)23(31)26-24(3,4)5/h7-13,17H,14-15H2,1-6H3,(H,26,31)/t17-/m0/s1. The number of nitro benzene ring substituents is 1. The Balaban J connectivity index is 2.49. The fourth-order valence-corrected chi connectivity index (χ4v) is 4.58. The number of amides is 2. The highest BCUT2D eigenvalue weighted by Gasteiger charge is 2.32. The van der Waals surface area contributed by atoms with E-state index >= 15 is 0 Å². The van der Waals surface area contributed by atoms with E-state index in [2.05, 4.69) is 21.2 Å². The third-order valence-electron chi connectivity index (χ3n) is 5.28. The van der Waals surface area contributed by atoms with Gasteiger partial charge in [0.25, 0.3) is 5.69 Å². The average molecular weight is 584 g/mol. The van der Waals surface area contributed by atoms with Gasteiger partial charge in [-0.05, 0) is 57.9 Å². The van der Waals surface area contributed by atoms with Gasteiger partial charge in [0.15, 0.2) is 0 Å². The van der Waals surface area contributed by atoms with Crippen molar-refractivity contribution in [2.24, 2.45) is 0 Å². The van der Waals surface area contributed by atoms with Crippen molar-refractivity contribution in [3.63, 3.8) is 0 Å². The van der Waals surface area contributed by atoms with Crippen molar-refractivity contribution in [3.8, 4) is 0 Å². The van der Waals surface area contributed by atoms with Crippen LogP contribution in [0.1, 0.15) is 38.8 Å². The van der Waals surface area contributed by atoms with Crippen LogP contribution in [0.2, 0.25) is 0 Å². The highest BCUT2D eigenvalue weighted by molar-refractivity contribution is 9.10. The van der Waals surface area contributed by atoms with E-state index in [1.54, 1.807) is 38.1 Å². The number of sulfonamides is 1. The van der Waals surface area contributed by atoms with Crippen molar-refractivity contribution < 1.29 is 22.9 Å². The molecule has 0 saturated carbocycles. The molecule has 0 aliphatic carbocycles. The molecule has 0 saturated heterocycles. The van der Waals surface area contributed by atoms with Crippen LogP contribution in [0.3, 0.4) is 0 Å². The van der Waals surface area contributed by atoms with E-state index in [9.17, 15) is 28.1 Å². The second-order valence-electron chi connectivity index (χ2n) is 9.56. The van der Waals surface area contributed by atoms with Crippen LogP contribution < -0.4 is 9.62 Å². The summed E-state index contributed by atoms with van der Waals surface area (Å²) >= 11 is 3.36. The number of nitrogens with one attached hydrogen (secondary N) is 1. The Kier molecular flexibility index (Phi) is 9.24. The first-order valence-corrected chi connectivity index (χ1v) is 13.7. The summed E-state index contributed by atoms with van der Waals surface area (Å²) < 4.78 is 27.1. The van der Waals surface area contributed by atoms with Gasteiger partial charge in [0, 0.05) is 28.7 Å². The monoisotopic (exact) mass is 582 g/mol. The van der Waals surface area contributed by atoms with Crippen molar-refractivity contribution in [1.29, 1.82) is 0 Å². The van der Waals surface area contributed by atoms with Crippen molar-refractivity contribution >= 4 is 49.1 Å². The Bertz CT molecular complexity index is 1240. The lowest BCUT2D eigenvalue weighted by atomic mass is 10.1. The highest BCUT2D eigenvalue weighted by Crippen LogP contribution is 2.28. The number of halogens is 1. The molecule has 0 heterocycles. The van der Waals surface area contributed by atoms with Crippen LogP contribution in [0.25, 0.3) is 0 Å². The lowest BCUT2D eigenvalue weighted by Gasteiger charge is -2.33. The molecule has 2 amide bonds. The van der Waals surface area contributed by atoms with E-state index in [1.165, 1.54) is 17.0 Å². The summed E-state index contributed by atoms with van der Waals surface area (Å²) in [4.78, 5) is 38.5. The zero-order chi connectivity index (χ0) is 27.4. The first-order valence-electron chi connectivity index (χ1n) is 11.1. The molecule has 0 bridgehead atoms. The third-order valence-corrected chi connectivity index (χ3v) is 6.94. The lowest BCUT2D eigenvalue weighted by Crippen LogP contribution is -2.54. The summed E-state index contributed by atoms with van der Waals surface area (Å²) in [5, 5.41) is 14.1. The number of hydrogen-bond donors (Lipinski definition) is 1. The maximum Gasteiger partial charge on any atom is 0.271 e. The van der Waals surface area contributed by atoms with Crippen molar-refractivity contribution in [1.82, 2.24) is 10.2 Å². The molecule has 0 radical (unpaired) electrons. The molecule has 1 N–H and O–H groups in total. The normalized spacial score (nSPS) is 12.5. The van der Waals surface area contributed by atoms with Crippen LogP contribution in [-0.2, 0) is 26.2 Å². The Labute approximate surface area is 220 Å². The van der Waals surface area contributed by atoms with Gasteiger partial charge in [-0.15, -0.1) is 0 Å². The van der Waals surface area contributed by atoms with Crippen molar-refractivity contribution in [2.45, 2.75) is 52.7 Å². The van der Waals surface area contributed by atoms with Gasteiger partial charge in [0.05, 0.1) is 16.9 Å². The molecule has 2 rings (SSSR count). The zero-order valence-corrected chi connectivity index (χ0v) is 23.5. The Morgan fingerprint density at radius 1 is 1.14 bits per heavy atom. The Morgan fingerprint density at radius 2 is 1.72 bits per heavy atom. The SMILES string of the molecule is Cc1ccc([N+](=O)[O-])cc1N(CC(=O)N(Cc1ccc(Br)cc1)[C@@H](C)C(=O)NC(C)(C)C)S(C)(=O)=O. The molecular weight excluding hydrogens is 552 g/mol. The summed E-state index contributed by atoms with van der Waals surface area (Å²) in [5.74, 6) is -1.03. The summed E-state index contributed by atoms with van der Waals surface area (Å²) in [5.41, 5.74) is 0.351. The van der Waals surface area contributed by atoms with Crippen LogP contribution in [0.5, 0.6) is 0 Å². The molecule has 0 aromatic heterocycles. The molecule has 196 valence electrons. The topological polar surface area (TPSA) is 130 Å². The van der Waals surface area contributed by atoms with Gasteiger partial charge in [-0.1, -0.05) is 34.1 Å². The largest absolute Gasteiger partial charge is 0.350 e. The number of carbonyl (C=O) groups is 2. The maximum absolute atomic E-state index is 13.6. The zero-order valence-electron chi connectivity index (χ0n) is 21.1. The van der Waals surface area contributed by atoms with E-state index in [-0.39, 0.29) is 17.9 Å². The molecule has 0 spiro atoms. The number of nitro groups is 1. The lowest BCUT2D eigenvalue weighted by molar-refractivity contribution is -0.384. The number of aryl methyl sites for hydroxylation is 1. The van der Waals surface area contributed by atoms with Gasteiger partial charge in [-0.2, -0.15) is 0 Å². The third kappa shape index (κ3) is 8.02. The minimum absolute atomic E-state index is 0.0236. The van der Waals surface area contributed by atoms with Gasteiger partial charge in [0.2, 0.25) is 21.8 Å². The van der Waals surface area contributed by atoms with Gasteiger partial charge >= 0.3 is 0 Å². The number of carbonyl (C=O) groups excluding carboxylic acids is 2. The molecule has 36 heavy (non-hydrogen) atoms. The van der Waals surface area contributed by atoms with Gasteiger partial charge in [-0.25, -0.2) is 8.42 Å². The van der Waals surface area contributed by atoms with Crippen molar-refractivity contribution in [3.05, 3.63) is 68.2 Å². The first kappa shape index (κ1) is 29.2. The predicted octanol–water partition coefficient (Wildman–Crippen LogP) is 3.76. The van der Waals surface area contributed by atoms with Gasteiger partial charge in [-0.3, -0.25) is 24.0 Å². The Hall–Kier alpha value is -2.99. The van der Waals surface area contributed by atoms with Crippen LogP contribution in [-0.4, -0.2) is 54.4 Å². The number of nitrogens with zero attached hydrogens (tertiary/aromatic N) is 3. The smallest absolute Gasteiger partial charge is 0.271 e. The van der Waals surface area contributed by atoms with E-state index < -0.39 is 44.9 Å². The molecule has 2 aromatic rings. The van der Waals surface area contributed by atoms with Gasteiger partial charge in [0.1, 0.15) is 12.6 Å². The van der Waals surface area contributed by atoms with Crippen LogP contribution in [0, 0.1) is 17.0 Å². The minimum atomic E-state index is -4.01. The van der Waals surface area contributed by atoms with E-state index in [1.807, 2.05) is 20.8 Å². The van der Waals surface area contributed by atoms with Crippen molar-refractivity contribution in [2.75, 3.05) is 17.1 Å². The second-order valence-corrected chi connectivity index (χ2v) is 12.4. The van der Waals surface area contributed by atoms with E-state index in [0.717, 1.165) is 26.7 Å². The van der Waals surface area contributed by atoms with Crippen LogP contribution >= 0.6 is 15.9 Å². The quantitative estimate of drug-likeness (QED) is 0.354. The number of rotatable bonds is 9. The minimum Gasteiger partial charge on any atom is -0.350 e. The summed E-state index contributed by atoms with van der Waals surface area (Å²) in [6.07, 6.45) is 0.924. The molecular formula is C24H31BrN4O6S. The molecule has 2 aromatic carbocycles.